The van der Waals surface area contributed by atoms with Gasteiger partial charge in [0.15, 0.2) is 0 Å². The number of aliphatic hydroxyl groups is 1. The van der Waals surface area contributed by atoms with Crippen molar-refractivity contribution >= 4 is 11.8 Å². The van der Waals surface area contributed by atoms with Crippen molar-refractivity contribution in [1.29, 1.82) is 0 Å². The van der Waals surface area contributed by atoms with Crippen LogP contribution in [-0.2, 0) is 4.79 Å². The van der Waals surface area contributed by atoms with Crippen molar-refractivity contribution in [2.24, 2.45) is 11.8 Å². The Balaban J connectivity index is 1.79. The Hall–Kier alpha value is -1.88. The zero-order valence-corrected chi connectivity index (χ0v) is 15.3. The second-order valence-electron chi connectivity index (χ2n) is 7.20. The molecule has 25 heavy (non-hydrogen) atoms. The van der Waals surface area contributed by atoms with E-state index in [9.17, 15) is 14.7 Å². The van der Waals surface area contributed by atoms with E-state index in [0.29, 0.717) is 11.5 Å². The largest absolute Gasteiger partial charge is 0.394 e. The summed E-state index contributed by atoms with van der Waals surface area (Å²) in [6.07, 6.45) is 5.92. The first-order valence-electron chi connectivity index (χ1n) is 9.26. The van der Waals surface area contributed by atoms with Gasteiger partial charge >= 0.3 is 0 Å². The predicted molar refractivity (Wildman–Crippen MR) is 98.3 cm³/mol. The van der Waals surface area contributed by atoms with E-state index < -0.39 is 6.04 Å². The molecule has 2 amide bonds. The number of hydrogen-bond acceptors (Lipinski definition) is 3. The molecule has 0 radical (unpaired) electrons. The highest BCUT2D eigenvalue weighted by Gasteiger charge is 2.22. The number of hydrogen-bond donors (Lipinski definition) is 3. The van der Waals surface area contributed by atoms with E-state index >= 15 is 0 Å². The molecular formula is C20H30N2O3. The smallest absolute Gasteiger partial charge is 0.251 e. The summed E-state index contributed by atoms with van der Waals surface area (Å²) in [5, 5.41) is 15.2. The van der Waals surface area contributed by atoms with Crippen LogP contribution in [0.2, 0.25) is 0 Å². The van der Waals surface area contributed by atoms with E-state index in [0.717, 1.165) is 12.0 Å². The van der Waals surface area contributed by atoms with Gasteiger partial charge in [-0.15, -0.1) is 0 Å². The average Bonchev–Trinajstić information content (AvgIpc) is 3.11. The maximum atomic E-state index is 12.3. The fourth-order valence-electron chi connectivity index (χ4n) is 3.50. The molecule has 138 valence electrons. The van der Waals surface area contributed by atoms with Crippen molar-refractivity contribution in [1.82, 2.24) is 10.6 Å². The van der Waals surface area contributed by atoms with E-state index in [4.69, 9.17) is 0 Å². The summed E-state index contributed by atoms with van der Waals surface area (Å²) >= 11 is 0. The maximum Gasteiger partial charge on any atom is 0.251 e. The minimum absolute atomic E-state index is 0.00418. The molecule has 0 aliphatic heterocycles. The highest BCUT2D eigenvalue weighted by atomic mass is 16.3. The lowest BCUT2D eigenvalue weighted by Gasteiger charge is -2.20. The molecule has 1 fully saturated rings. The van der Waals surface area contributed by atoms with Gasteiger partial charge in [-0.2, -0.15) is 0 Å². The molecule has 0 bridgehead atoms. The standard InChI is InChI=1S/C20H30N2O3/c1-14-7-3-6-10-18(14)20(25)22-17(13-23)12-21-19(24)15(2)11-16-8-4-5-9-16/h3,6-7,10,15-17,23H,4-5,8-9,11-13H2,1-2H3,(H,21,24)(H,22,25)/t15?,17-/m1/s1. The molecule has 0 saturated heterocycles. The summed E-state index contributed by atoms with van der Waals surface area (Å²) in [7, 11) is 0. The van der Waals surface area contributed by atoms with E-state index in [2.05, 4.69) is 10.6 Å². The Labute approximate surface area is 150 Å². The molecule has 2 rings (SSSR count). The number of carbonyl (C=O) groups is 2. The van der Waals surface area contributed by atoms with Crippen LogP contribution in [0.5, 0.6) is 0 Å². The van der Waals surface area contributed by atoms with Gasteiger partial charge in [-0.1, -0.05) is 50.8 Å². The summed E-state index contributed by atoms with van der Waals surface area (Å²) in [6.45, 7) is 3.85. The molecule has 0 spiro atoms. The molecule has 1 unspecified atom stereocenters. The zero-order chi connectivity index (χ0) is 18.2. The van der Waals surface area contributed by atoms with E-state index in [1.54, 1.807) is 6.07 Å². The van der Waals surface area contributed by atoms with Crippen LogP contribution in [0.1, 0.15) is 54.9 Å². The molecule has 3 N–H and O–H groups in total. The van der Waals surface area contributed by atoms with Crippen LogP contribution in [0.25, 0.3) is 0 Å². The molecule has 5 nitrogen and oxygen atoms in total. The summed E-state index contributed by atoms with van der Waals surface area (Å²) in [5.74, 6) is 0.394. The zero-order valence-electron chi connectivity index (χ0n) is 15.3. The van der Waals surface area contributed by atoms with Crippen molar-refractivity contribution < 1.29 is 14.7 Å². The minimum atomic E-state index is -0.491. The van der Waals surface area contributed by atoms with Gasteiger partial charge in [0, 0.05) is 18.0 Å². The summed E-state index contributed by atoms with van der Waals surface area (Å²) in [4.78, 5) is 24.6. The number of aryl methyl sites for hydroxylation is 1. The Morgan fingerprint density at radius 2 is 1.92 bits per heavy atom. The molecule has 5 heteroatoms. The monoisotopic (exact) mass is 346 g/mol. The highest BCUT2D eigenvalue weighted by Crippen LogP contribution is 2.30. The van der Waals surface area contributed by atoms with Gasteiger partial charge in [0.05, 0.1) is 12.6 Å². The van der Waals surface area contributed by atoms with Gasteiger partial charge in [-0.05, 0) is 30.9 Å². The SMILES string of the molecule is Cc1ccccc1C(=O)N[C@@H](CO)CNC(=O)C(C)CC1CCCC1. The number of carbonyl (C=O) groups excluding carboxylic acids is 2. The topological polar surface area (TPSA) is 78.4 Å². The third kappa shape index (κ3) is 5.85. The molecule has 1 aliphatic carbocycles. The van der Waals surface area contributed by atoms with Crippen LogP contribution in [0.15, 0.2) is 24.3 Å². The molecule has 1 saturated carbocycles. The van der Waals surface area contributed by atoms with Gasteiger partial charge in [0.1, 0.15) is 0 Å². The number of nitrogens with one attached hydrogen (secondary N) is 2. The lowest BCUT2D eigenvalue weighted by molar-refractivity contribution is -0.125. The van der Waals surface area contributed by atoms with Crippen molar-refractivity contribution in [3.8, 4) is 0 Å². The Morgan fingerprint density at radius 3 is 2.56 bits per heavy atom. The van der Waals surface area contributed by atoms with Gasteiger partial charge in [-0.25, -0.2) is 0 Å². The second-order valence-corrected chi connectivity index (χ2v) is 7.20. The molecule has 1 aliphatic rings. The first-order chi connectivity index (χ1) is 12.0. The Kier molecular flexibility index (Phi) is 7.44. The lowest BCUT2D eigenvalue weighted by atomic mass is 9.94. The van der Waals surface area contributed by atoms with E-state index in [1.165, 1.54) is 25.7 Å². The van der Waals surface area contributed by atoms with Crippen molar-refractivity contribution in [2.75, 3.05) is 13.2 Å². The second kappa shape index (κ2) is 9.56. The van der Waals surface area contributed by atoms with Crippen LogP contribution in [0.3, 0.4) is 0 Å². The van der Waals surface area contributed by atoms with Gasteiger partial charge in [-0.3, -0.25) is 9.59 Å². The highest BCUT2D eigenvalue weighted by molar-refractivity contribution is 5.95. The Morgan fingerprint density at radius 1 is 1.24 bits per heavy atom. The lowest BCUT2D eigenvalue weighted by Crippen LogP contribution is -2.47. The van der Waals surface area contributed by atoms with Crippen LogP contribution in [0, 0.1) is 18.8 Å². The molecular weight excluding hydrogens is 316 g/mol. The van der Waals surface area contributed by atoms with Crippen molar-refractivity contribution in [3.63, 3.8) is 0 Å². The number of benzene rings is 1. The molecule has 0 heterocycles. The maximum absolute atomic E-state index is 12.3. The summed E-state index contributed by atoms with van der Waals surface area (Å²) < 4.78 is 0. The molecule has 2 atom stereocenters. The molecule has 1 aromatic carbocycles. The third-order valence-electron chi connectivity index (χ3n) is 5.08. The van der Waals surface area contributed by atoms with Crippen LogP contribution < -0.4 is 10.6 Å². The van der Waals surface area contributed by atoms with E-state index in [-0.39, 0.29) is 30.9 Å². The van der Waals surface area contributed by atoms with Crippen molar-refractivity contribution in [3.05, 3.63) is 35.4 Å². The van der Waals surface area contributed by atoms with Crippen LogP contribution in [-0.4, -0.2) is 36.1 Å². The fourth-order valence-corrected chi connectivity index (χ4v) is 3.50. The first-order valence-corrected chi connectivity index (χ1v) is 9.26. The number of aliphatic hydroxyl groups excluding tert-OH is 1. The van der Waals surface area contributed by atoms with Crippen LogP contribution in [0.4, 0.5) is 0 Å². The number of rotatable bonds is 8. The van der Waals surface area contributed by atoms with Gasteiger partial charge < -0.3 is 15.7 Å². The predicted octanol–water partition coefficient (Wildman–Crippen LogP) is 2.42. The van der Waals surface area contributed by atoms with Crippen LogP contribution >= 0.6 is 0 Å². The Bertz CT molecular complexity index is 582. The molecule has 0 aromatic heterocycles. The van der Waals surface area contributed by atoms with E-state index in [1.807, 2.05) is 32.0 Å². The molecule has 1 aromatic rings. The minimum Gasteiger partial charge on any atom is -0.394 e. The third-order valence-corrected chi connectivity index (χ3v) is 5.08. The quantitative estimate of drug-likeness (QED) is 0.676. The summed E-state index contributed by atoms with van der Waals surface area (Å²) in [5.41, 5.74) is 1.47. The van der Waals surface area contributed by atoms with Gasteiger partial charge in [0.2, 0.25) is 5.91 Å². The fraction of sp³-hybridized carbons (Fsp3) is 0.600. The average molecular weight is 346 g/mol. The van der Waals surface area contributed by atoms with Gasteiger partial charge in [0.25, 0.3) is 5.91 Å². The van der Waals surface area contributed by atoms with Crippen molar-refractivity contribution in [2.45, 2.75) is 52.0 Å². The summed E-state index contributed by atoms with van der Waals surface area (Å²) in [6, 6.07) is 6.82. The number of amides is 2. The normalized spacial score (nSPS) is 17.1. The first kappa shape index (κ1) is 19.4.